The summed E-state index contributed by atoms with van der Waals surface area (Å²) in [6.45, 7) is 8.02. The first-order valence-electron chi connectivity index (χ1n) is 14.4. The number of hydrogen-bond donors (Lipinski definition) is 0. The number of amides is 2. The molecule has 2 amide bonds. The fourth-order valence-electron chi connectivity index (χ4n) is 4.98. The maximum Gasteiger partial charge on any atom is 0.586 e. The summed E-state index contributed by atoms with van der Waals surface area (Å²) in [4.78, 5) is 68.5. The fraction of sp³-hybridized carbons (Fsp3) is 0.484. The summed E-state index contributed by atoms with van der Waals surface area (Å²) in [7, 11) is 0. The Hall–Kier alpha value is -4.62. The number of pyridine rings is 1. The van der Waals surface area contributed by atoms with Crippen LogP contribution in [0.15, 0.2) is 36.5 Å². The number of aromatic nitrogens is 1. The number of likely N-dealkylation sites (tertiary alicyclic amines) is 1. The maximum atomic E-state index is 13.4. The van der Waals surface area contributed by atoms with Gasteiger partial charge in [0.15, 0.2) is 11.5 Å². The average Bonchev–Trinajstić information content (AvgIpc) is 3.27. The molecule has 1 saturated heterocycles. The van der Waals surface area contributed by atoms with E-state index < -0.39 is 60.2 Å². The van der Waals surface area contributed by atoms with Crippen molar-refractivity contribution in [2.24, 2.45) is 11.8 Å². The number of imide groups is 1. The smallest absolute Gasteiger partial charge is 0.464 e. The molecule has 0 spiro atoms. The third-order valence-electron chi connectivity index (χ3n) is 7.20. The molecule has 4 atom stereocenters. The van der Waals surface area contributed by atoms with Crippen molar-refractivity contribution in [1.82, 2.24) is 9.88 Å². The van der Waals surface area contributed by atoms with Gasteiger partial charge in [-0.3, -0.25) is 29.1 Å². The van der Waals surface area contributed by atoms with Crippen LogP contribution in [0.25, 0.3) is 0 Å². The van der Waals surface area contributed by atoms with Gasteiger partial charge in [0.05, 0.1) is 30.6 Å². The summed E-state index contributed by atoms with van der Waals surface area (Å²) in [5.74, 6) is -5.27. The molecule has 2 aliphatic heterocycles. The molecule has 14 heteroatoms. The Bertz CT molecular complexity index is 1480. The van der Waals surface area contributed by atoms with Crippen LogP contribution in [0.3, 0.4) is 0 Å². The molecular weight excluding hydrogens is 598 g/mol. The lowest BCUT2D eigenvalue weighted by molar-refractivity contribution is -0.286. The second-order valence-electron chi connectivity index (χ2n) is 11.1. The number of hydrogen-bond acceptors (Lipinski definition) is 11. The van der Waals surface area contributed by atoms with Crippen LogP contribution in [0.4, 0.5) is 8.78 Å². The Morgan fingerprint density at radius 2 is 1.73 bits per heavy atom. The van der Waals surface area contributed by atoms with Crippen molar-refractivity contribution in [1.29, 1.82) is 0 Å². The molecule has 0 N–H and O–H groups in total. The van der Waals surface area contributed by atoms with Crippen molar-refractivity contribution in [3.63, 3.8) is 0 Å². The Labute approximate surface area is 257 Å². The zero-order valence-electron chi connectivity index (χ0n) is 25.4. The summed E-state index contributed by atoms with van der Waals surface area (Å²) >= 11 is 0. The van der Waals surface area contributed by atoms with Crippen molar-refractivity contribution < 1.29 is 56.4 Å². The molecule has 1 unspecified atom stereocenters. The summed E-state index contributed by atoms with van der Waals surface area (Å²) < 4.78 is 51.0. The SMILES string of the molecule is CCOC(=O)[C@@H]1[C@@H](Cc2ccnc(CC(=O)OC(C)OC(=O)C(C)C)c2)C(=O)N1C(=O)C[C@H](C)c1ccc2c(c1)OC(F)(F)O2. The summed E-state index contributed by atoms with van der Waals surface area (Å²) in [6, 6.07) is 6.19. The van der Waals surface area contributed by atoms with E-state index in [-0.39, 0.29) is 43.3 Å². The molecule has 45 heavy (non-hydrogen) atoms. The summed E-state index contributed by atoms with van der Waals surface area (Å²) in [6.07, 6.45) is -3.81. The number of nitrogens with zero attached hydrogens (tertiary/aromatic N) is 2. The van der Waals surface area contributed by atoms with E-state index in [4.69, 9.17) is 14.2 Å². The van der Waals surface area contributed by atoms with Crippen molar-refractivity contribution in [3.05, 3.63) is 53.3 Å². The maximum absolute atomic E-state index is 13.4. The molecule has 1 fully saturated rings. The summed E-state index contributed by atoms with van der Waals surface area (Å²) in [5, 5.41) is 0. The number of esters is 3. The number of carbonyl (C=O) groups is 5. The quantitative estimate of drug-likeness (QED) is 0.192. The van der Waals surface area contributed by atoms with Gasteiger partial charge in [0.2, 0.25) is 18.1 Å². The largest absolute Gasteiger partial charge is 0.586 e. The molecule has 0 radical (unpaired) electrons. The van der Waals surface area contributed by atoms with Crippen LogP contribution in [0, 0.1) is 11.8 Å². The van der Waals surface area contributed by atoms with E-state index in [1.54, 1.807) is 39.8 Å². The highest BCUT2D eigenvalue weighted by atomic mass is 19.3. The van der Waals surface area contributed by atoms with Crippen molar-refractivity contribution in [2.45, 2.75) is 78.4 Å². The standard InChI is InChI=1S/C31H34F2N2O10/c1-6-41-30(40)27-22(13-19-9-10-34-21(12-19)15-26(37)42-18(5)43-29(39)16(2)3)28(38)35(27)25(36)11-17(4)20-7-8-23-24(14-20)45-31(32,33)44-23/h7-10,12,14,16-18,22,27H,6,11,13,15H2,1-5H3/t17-,18?,22+,27-/m0/s1. The predicted octanol–water partition coefficient (Wildman–Crippen LogP) is 3.69. The second-order valence-corrected chi connectivity index (χ2v) is 11.1. The highest BCUT2D eigenvalue weighted by molar-refractivity contribution is 6.08. The van der Waals surface area contributed by atoms with Gasteiger partial charge < -0.3 is 23.7 Å². The van der Waals surface area contributed by atoms with Gasteiger partial charge in [0, 0.05) is 19.5 Å². The molecule has 12 nitrogen and oxygen atoms in total. The van der Waals surface area contributed by atoms with E-state index in [9.17, 15) is 32.8 Å². The summed E-state index contributed by atoms with van der Waals surface area (Å²) in [5.41, 5.74) is 1.40. The minimum Gasteiger partial charge on any atom is -0.464 e. The van der Waals surface area contributed by atoms with Gasteiger partial charge in [-0.1, -0.05) is 26.8 Å². The van der Waals surface area contributed by atoms with Gasteiger partial charge in [0.1, 0.15) is 6.04 Å². The van der Waals surface area contributed by atoms with Crippen molar-refractivity contribution >= 4 is 29.7 Å². The number of β-lactam (4-membered cyclic amide) rings is 1. The second kappa shape index (κ2) is 13.6. The highest BCUT2D eigenvalue weighted by Gasteiger charge is 2.55. The van der Waals surface area contributed by atoms with Crippen LogP contribution in [-0.4, -0.2) is 64.8 Å². The minimum atomic E-state index is -3.78. The molecule has 242 valence electrons. The predicted molar refractivity (Wildman–Crippen MR) is 150 cm³/mol. The molecule has 3 heterocycles. The third kappa shape index (κ3) is 7.91. The van der Waals surface area contributed by atoms with Crippen LogP contribution in [0.5, 0.6) is 11.5 Å². The van der Waals surface area contributed by atoms with E-state index in [1.165, 1.54) is 31.3 Å². The third-order valence-corrected chi connectivity index (χ3v) is 7.20. The highest BCUT2D eigenvalue weighted by Crippen LogP contribution is 2.43. The molecule has 2 aliphatic rings. The van der Waals surface area contributed by atoms with E-state index in [1.807, 2.05) is 0 Å². The van der Waals surface area contributed by atoms with Gasteiger partial charge in [-0.2, -0.15) is 0 Å². The van der Waals surface area contributed by atoms with Crippen molar-refractivity contribution in [3.8, 4) is 11.5 Å². The fourth-order valence-corrected chi connectivity index (χ4v) is 4.98. The van der Waals surface area contributed by atoms with Gasteiger partial charge in [0.25, 0.3) is 0 Å². The Morgan fingerprint density at radius 1 is 1.02 bits per heavy atom. The van der Waals surface area contributed by atoms with E-state index in [0.29, 0.717) is 16.8 Å². The topological polar surface area (TPSA) is 148 Å². The normalized spacial score (nSPS) is 19.4. The van der Waals surface area contributed by atoms with Gasteiger partial charge in [-0.05, 0) is 54.7 Å². The lowest BCUT2D eigenvalue weighted by Gasteiger charge is -2.44. The zero-order chi connectivity index (χ0) is 33.1. The van der Waals surface area contributed by atoms with Gasteiger partial charge >= 0.3 is 24.2 Å². The molecule has 0 bridgehead atoms. The molecule has 1 aromatic carbocycles. The molecular formula is C31H34F2N2O10. The molecule has 2 aromatic rings. The van der Waals surface area contributed by atoms with Crippen LogP contribution in [0.2, 0.25) is 0 Å². The van der Waals surface area contributed by atoms with E-state index >= 15 is 0 Å². The van der Waals surface area contributed by atoms with Gasteiger partial charge in [-0.25, -0.2) is 4.79 Å². The number of benzene rings is 1. The number of alkyl halides is 2. The lowest BCUT2D eigenvalue weighted by Crippen LogP contribution is -2.67. The average molecular weight is 633 g/mol. The molecule has 4 rings (SSSR count). The van der Waals surface area contributed by atoms with Crippen LogP contribution < -0.4 is 9.47 Å². The molecule has 0 saturated carbocycles. The Kier molecular flexibility index (Phi) is 10.0. The number of halogens is 2. The monoisotopic (exact) mass is 632 g/mol. The number of ether oxygens (including phenoxy) is 5. The lowest BCUT2D eigenvalue weighted by atomic mass is 9.81. The first kappa shape index (κ1) is 33.3. The van der Waals surface area contributed by atoms with E-state index in [2.05, 4.69) is 14.5 Å². The Morgan fingerprint density at radius 3 is 2.42 bits per heavy atom. The van der Waals surface area contributed by atoms with Gasteiger partial charge in [-0.15, -0.1) is 8.78 Å². The number of fused-ring (bicyclic) bond motifs is 1. The number of carbonyl (C=O) groups excluding carboxylic acids is 5. The van der Waals surface area contributed by atoms with Crippen LogP contribution in [0.1, 0.15) is 63.8 Å². The minimum absolute atomic E-state index is 0.0307. The first-order valence-corrected chi connectivity index (χ1v) is 14.4. The number of rotatable bonds is 12. The molecule has 1 aromatic heterocycles. The van der Waals surface area contributed by atoms with Crippen LogP contribution in [-0.2, 0) is 51.0 Å². The zero-order valence-corrected chi connectivity index (χ0v) is 25.4. The Balaban J connectivity index is 1.40. The first-order chi connectivity index (χ1) is 21.2. The van der Waals surface area contributed by atoms with Crippen LogP contribution >= 0.6 is 0 Å². The van der Waals surface area contributed by atoms with E-state index in [0.717, 1.165) is 4.90 Å². The molecule has 0 aliphatic carbocycles. The van der Waals surface area contributed by atoms with Crippen molar-refractivity contribution in [2.75, 3.05) is 6.61 Å².